The van der Waals surface area contributed by atoms with Crippen molar-refractivity contribution in [3.63, 3.8) is 0 Å². The number of anilines is 1. The molecule has 1 aromatic carbocycles. The van der Waals surface area contributed by atoms with Crippen LogP contribution in [0.25, 0.3) is 0 Å². The molecular weight excluding hydrogens is 466 g/mol. The van der Waals surface area contributed by atoms with Crippen LogP contribution >= 0.6 is 11.6 Å². The molecule has 2 aliphatic rings. The maximum absolute atomic E-state index is 12.8. The van der Waals surface area contributed by atoms with Gasteiger partial charge in [-0.2, -0.15) is 0 Å². The van der Waals surface area contributed by atoms with Crippen molar-refractivity contribution < 1.29 is 14.7 Å². The lowest BCUT2D eigenvalue weighted by Gasteiger charge is -2.40. The molecule has 35 heavy (non-hydrogen) atoms. The molecule has 3 heterocycles. The molecule has 2 fully saturated rings. The molecule has 1 unspecified atom stereocenters. The zero-order valence-electron chi connectivity index (χ0n) is 20.6. The van der Waals surface area contributed by atoms with E-state index in [-0.39, 0.29) is 23.9 Å². The number of benzene rings is 1. The Kier molecular flexibility index (Phi) is 7.94. The smallest absolute Gasteiger partial charge is 0.251 e. The van der Waals surface area contributed by atoms with Gasteiger partial charge < -0.3 is 20.6 Å². The maximum atomic E-state index is 12.8. The molecular formula is C26H34ClN5O3. The molecule has 2 saturated heterocycles. The highest BCUT2D eigenvalue weighted by Crippen LogP contribution is 2.30. The van der Waals surface area contributed by atoms with E-state index in [0.29, 0.717) is 29.9 Å². The number of likely N-dealkylation sites (tertiary alicyclic amines) is 2. The average Bonchev–Trinajstić information content (AvgIpc) is 3.22. The summed E-state index contributed by atoms with van der Waals surface area (Å²) >= 11 is 6.16. The zero-order valence-corrected chi connectivity index (χ0v) is 21.3. The third kappa shape index (κ3) is 5.94. The van der Waals surface area contributed by atoms with Gasteiger partial charge in [-0.05, 0) is 62.4 Å². The molecule has 4 rings (SSSR count). The minimum atomic E-state index is -0.969. The first-order valence-corrected chi connectivity index (χ1v) is 12.6. The molecule has 0 radical (unpaired) electrons. The summed E-state index contributed by atoms with van der Waals surface area (Å²) in [7, 11) is 1.57. The number of halogens is 1. The minimum Gasteiger partial charge on any atom is -0.372 e. The first kappa shape index (κ1) is 25.4. The van der Waals surface area contributed by atoms with Gasteiger partial charge in [0, 0.05) is 55.4 Å². The third-order valence-electron chi connectivity index (χ3n) is 6.98. The second-order valence-corrected chi connectivity index (χ2v) is 9.96. The number of rotatable bonds is 7. The van der Waals surface area contributed by atoms with Crippen molar-refractivity contribution in [2.75, 3.05) is 25.5 Å². The standard InChI is InChI=1S/C26H34ClN5O3/c1-16-12-18(4-5-21(16)27)15-31-10-8-20(9-11-31)32-22(6-7-24(32)33)26(35)30-23-14-19(25(34)28-3)13-17(2)29-23/h4-5,12-14,20,22,26,35H,6-11,15H2,1-3H3,(H,28,34)(H,29,30)/t22-,26?/m1/s1. The van der Waals surface area contributed by atoms with E-state index in [1.165, 1.54) is 5.56 Å². The van der Waals surface area contributed by atoms with E-state index < -0.39 is 6.23 Å². The summed E-state index contributed by atoms with van der Waals surface area (Å²) in [6.07, 6.45) is 1.78. The fourth-order valence-corrected chi connectivity index (χ4v) is 5.31. The number of nitrogens with one attached hydrogen (secondary N) is 2. The fraction of sp³-hybridized carbons (Fsp3) is 0.500. The summed E-state index contributed by atoms with van der Waals surface area (Å²) in [5, 5.41) is 17.4. The Morgan fingerprint density at radius 3 is 2.63 bits per heavy atom. The summed E-state index contributed by atoms with van der Waals surface area (Å²) in [6.45, 7) is 6.46. The van der Waals surface area contributed by atoms with E-state index in [1.54, 1.807) is 26.1 Å². The Labute approximate surface area is 211 Å². The van der Waals surface area contributed by atoms with Gasteiger partial charge in [0.05, 0.1) is 6.04 Å². The number of aromatic nitrogens is 1. The van der Waals surface area contributed by atoms with E-state index in [4.69, 9.17) is 11.6 Å². The second kappa shape index (κ2) is 10.9. The first-order valence-electron chi connectivity index (χ1n) is 12.2. The van der Waals surface area contributed by atoms with Crippen molar-refractivity contribution in [3.05, 3.63) is 57.7 Å². The molecule has 2 aromatic rings. The number of aliphatic hydroxyl groups excluding tert-OH is 1. The van der Waals surface area contributed by atoms with Gasteiger partial charge in [0.1, 0.15) is 12.0 Å². The van der Waals surface area contributed by atoms with E-state index in [9.17, 15) is 14.7 Å². The van der Waals surface area contributed by atoms with Crippen LogP contribution in [-0.2, 0) is 11.3 Å². The number of piperidine rings is 1. The molecule has 2 atom stereocenters. The molecule has 0 aliphatic carbocycles. The van der Waals surface area contributed by atoms with Crippen LogP contribution in [0.5, 0.6) is 0 Å². The highest BCUT2D eigenvalue weighted by molar-refractivity contribution is 6.31. The molecule has 3 N–H and O–H groups in total. The quantitative estimate of drug-likeness (QED) is 0.506. The second-order valence-electron chi connectivity index (χ2n) is 9.55. The number of carbonyl (C=O) groups excluding carboxylic acids is 2. The van der Waals surface area contributed by atoms with Crippen LogP contribution in [0.15, 0.2) is 30.3 Å². The van der Waals surface area contributed by atoms with Crippen molar-refractivity contribution in [2.24, 2.45) is 0 Å². The van der Waals surface area contributed by atoms with Crippen molar-refractivity contribution in [3.8, 4) is 0 Å². The molecule has 8 nitrogen and oxygen atoms in total. The first-order chi connectivity index (χ1) is 16.7. The third-order valence-corrected chi connectivity index (χ3v) is 7.41. The van der Waals surface area contributed by atoms with Crippen LogP contribution in [0.1, 0.15) is 52.9 Å². The number of carbonyl (C=O) groups is 2. The molecule has 0 saturated carbocycles. The van der Waals surface area contributed by atoms with Gasteiger partial charge in [-0.3, -0.25) is 14.5 Å². The van der Waals surface area contributed by atoms with Gasteiger partial charge in [0.2, 0.25) is 5.91 Å². The van der Waals surface area contributed by atoms with Crippen LogP contribution in [0.4, 0.5) is 5.82 Å². The maximum Gasteiger partial charge on any atom is 0.251 e. The van der Waals surface area contributed by atoms with Crippen LogP contribution < -0.4 is 10.6 Å². The molecule has 0 bridgehead atoms. The highest BCUT2D eigenvalue weighted by Gasteiger charge is 2.41. The van der Waals surface area contributed by atoms with E-state index in [0.717, 1.165) is 43.1 Å². The van der Waals surface area contributed by atoms with Crippen molar-refractivity contribution in [2.45, 2.75) is 64.4 Å². The number of hydrogen-bond acceptors (Lipinski definition) is 6. The number of nitrogens with zero attached hydrogens (tertiary/aromatic N) is 3. The zero-order chi connectivity index (χ0) is 25.1. The Morgan fingerprint density at radius 1 is 1.20 bits per heavy atom. The normalized spacial score (nSPS) is 20.2. The van der Waals surface area contributed by atoms with Gasteiger partial charge in [-0.1, -0.05) is 23.7 Å². The van der Waals surface area contributed by atoms with Gasteiger partial charge in [-0.25, -0.2) is 4.98 Å². The Morgan fingerprint density at radius 2 is 1.94 bits per heavy atom. The molecule has 2 aliphatic heterocycles. The van der Waals surface area contributed by atoms with Gasteiger partial charge in [-0.15, -0.1) is 0 Å². The van der Waals surface area contributed by atoms with E-state index in [1.807, 2.05) is 17.9 Å². The lowest BCUT2D eigenvalue weighted by Crippen LogP contribution is -2.53. The number of pyridine rings is 1. The van der Waals surface area contributed by atoms with Crippen LogP contribution in [0, 0.1) is 13.8 Å². The topological polar surface area (TPSA) is 97.8 Å². The van der Waals surface area contributed by atoms with Crippen LogP contribution in [0.2, 0.25) is 5.02 Å². The Bertz CT molecular complexity index is 1090. The summed E-state index contributed by atoms with van der Waals surface area (Å²) in [5.41, 5.74) is 3.46. The Balaban J connectivity index is 1.38. The summed E-state index contributed by atoms with van der Waals surface area (Å²) in [4.78, 5) is 33.6. The van der Waals surface area contributed by atoms with Gasteiger partial charge >= 0.3 is 0 Å². The number of aryl methyl sites for hydroxylation is 2. The largest absolute Gasteiger partial charge is 0.372 e. The lowest BCUT2D eigenvalue weighted by atomic mass is 10.0. The van der Waals surface area contributed by atoms with Crippen molar-refractivity contribution in [1.82, 2.24) is 20.1 Å². The Hall–Kier alpha value is -2.68. The number of hydrogen-bond donors (Lipinski definition) is 3. The minimum absolute atomic E-state index is 0.0888. The van der Waals surface area contributed by atoms with E-state index >= 15 is 0 Å². The van der Waals surface area contributed by atoms with Crippen LogP contribution in [0.3, 0.4) is 0 Å². The number of aliphatic hydroxyl groups is 1. The fourth-order valence-electron chi connectivity index (χ4n) is 5.19. The molecule has 1 aromatic heterocycles. The molecule has 0 spiro atoms. The lowest BCUT2D eigenvalue weighted by molar-refractivity contribution is -0.134. The predicted octanol–water partition coefficient (Wildman–Crippen LogP) is 3.10. The average molecular weight is 500 g/mol. The van der Waals surface area contributed by atoms with Crippen molar-refractivity contribution >= 4 is 29.2 Å². The van der Waals surface area contributed by atoms with Gasteiger partial charge in [0.25, 0.3) is 5.91 Å². The summed E-state index contributed by atoms with van der Waals surface area (Å²) < 4.78 is 0. The van der Waals surface area contributed by atoms with E-state index in [2.05, 4.69) is 32.7 Å². The van der Waals surface area contributed by atoms with Gasteiger partial charge in [0.15, 0.2) is 0 Å². The highest BCUT2D eigenvalue weighted by atomic mass is 35.5. The summed E-state index contributed by atoms with van der Waals surface area (Å²) in [6, 6.07) is 9.23. The number of amides is 2. The monoisotopic (exact) mass is 499 g/mol. The SMILES string of the molecule is CNC(=O)c1cc(C)nc(NC(O)[C@H]2CCC(=O)N2C2CCN(Cc3ccc(Cl)c(C)c3)CC2)c1. The summed E-state index contributed by atoms with van der Waals surface area (Å²) in [5.74, 6) is 0.292. The van der Waals surface area contributed by atoms with Crippen LogP contribution in [-0.4, -0.2) is 70.2 Å². The molecule has 188 valence electrons. The molecule has 9 heteroatoms. The predicted molar refractivity (Wildman–Crippen MR) is 136 cm³/mol. The van der Waals surface area contributed by atoms with Crippen molar-refractivity contribution in [1.29, 1.82) is 0 Å². The molecule has 2 amide bonds.